The van der Waals surface area contributed by atoms with Crippen LogP contribution in [0.25, 0.3) is 6.08 Å². The van der Waals surface area contributed by atoms with Crippen LogP contribution in [0.4, 0.5) is 0 Å². The SMILES string of the molecule is COC(=O)/C=C/c1cc(C(=O)c2ccc(OC3CCCC3)cc2O)ccc1O. The average Bonchev–Trinajstić information content (AvgIpc) is 3.19. The van der Waals surface area contributed by atoms with E-state index in [-0.39, 0.29) is 34.3 Å². The van der Waals surface area contributed by atoms with Gasteiger partial charge < -0.3 is 19.7 Å². The van der Waals surface area contributed by atoms with Crippen LogP contribution in [0.5, 0.6) is 17.2 Å². The first kappa shape index (κ1) is 19.5. The smallest absolute Gasteiger partial charge is 0.330 e. The molecule has 2 N–H and O–H groups in total. The lowest BCUT2D eigenvalue weighted by atomic mass is 9.99. The normalized spacial score (nSPS) is 14.3. The number of ketones is 1. The van der Waals surface area contributed by atoms with Crippen LogP contribution in [0.15, 0.2) is 42.5 Å². The Balaban J connectivity index is 1.81. The molecule has 1 saturated carbocycles. The first-order valence-corrected chi connectivity index (χ1v) is 9.11. The minimum Gasteiger partial charge on any atom is -0.507 e. The van der Waals surface area contributed by atoms with Gasteiger partial charge in [0.05, 0.1) is 18.8 Å². The quantitative estimate of drug-likeness (QED) is 0.448. The third-order valence-corrected chi connectivity index (χ3v) is 4.71. The Kier molecular flexibility index (Phi) is 5.99. The van der Waals surface area contributed by atoms with Crippen LogP contribution in [-0.2, 0) is 9.53 Å². The minimum absolute atomic E-state index is 0.0822. The molecule has 2 aromatic carbocycles. The summed E-state index contributed by atoms with van der Waals surface area (Å²) in [6.45, 7) is 0. The molecule has 0 amide bonds. The molecule has 0 bridgehead atoms. The van der Waals surface area contributed by atoms with Gasteiger partial charge in [-0.05, 0) is 62.1 Å². The Labute approximate surface area is 163 Å². The minimum atomic E-state index is -0.577. The van der Waals surface area contributed by atoms with E-state index in [1.54, 1.807) is 6.07 Å². The molecule has 0 heterocycles. The van der Waals surface area contributed by atoms with Gasteiger partial charge in [0.2, 0.25) is 0 Å². The van der Waals surface area contributed by atoms with Crippen molar-refractivity contribution >= 4 is 17.8 Å². The van der Waals surface area contributed by atoms with Gasteiger partial charge in [0.15, 0.2) is 5.78 Å². The van der Waals surface area contributed by atoms with Gasteiger partial charge in [0.25, 0.3) is 0 Å². The zero-order valence-electron chi connectivity index (χ0n) is 15.6. The standard InChI is InChI=1S/C22H22O6/c1-27-21(25)11-7-14-12-15(6-10-19(14)23)22(26)18-9-8-17(13-20(18)24)28-16-4-2-3-5-16/h6-13,16,23-24H,2-5H2,1H3/b11-7+. The molecule has 1 aliphatic carbocycles. The van der Waals surface area contributed by atoms with E-state index in [1.807, 2.05) is 0 Å². The molecule has 1 fully saturated rings. The zero-order valence-corrected chi connectivity index (χ0v) is 15.6. The molecule has 0 radical (unpaired) electrons. The van der Waals surface area contributed by atoms with Gasteiger partial charge in [-0.15, -0.1) is 0 Å². The summed E-state index contributed by atoms with van der Waals surface area (Å²) in [5.74, 6) is -0.695. The number of phenolic OH excluding ortho intramolecular Hbond substituents is 2. The van der Waals surface area contributed by atoms with E-state index in [2.05, 4.69) is 4.74 Å². The molecule has 0 aliphatic heterocycles. The first-order valence-electron chi connectivity index (χ1n) is 9.11. The second kappa shape index (κ2) is 8.61. The number of aromatic hydroxyl groups is 2. The van der Waals surface area contributed by atoms with Crippen LogP contribution < -0.4 is 4.74 Å². The highest BCUT2D eigenvalue weighted by molar-refractivity contribution is 6.11. The Bertz CT molecular complexity index is 909. The number of hydrogen-bond acceptors (Lipinski definition) is 6. The zero-order chi connectivity index (χ0) is 20.1. The van der Waals surface area contributed by atoms with E-state index >= 15 is 0 Å². The maximum absolute atomic E-state index is 12.8. The molecule has 2 aromatic rings. The van der Waals surface area contributed by atoms with E-state index < -0.39 is 11.8 Å². The van der Waals surface area contributed by atoms with Gasteiger partial charge in [-0.2, -0.15) is 0 Å². The predicted octanol–water partition coefficient (Wildman–Crippen LogP) is 3.84. The summed E-state index contributed by atoms with van der Waals surface area (Å²) < 4.78 is 10.4. The number of phenols is 2. The molecule has 1 aliphatic rings. The van der Waals surface area contributed by atoms with Crippen molar-refractivity contribution in [3.63, 3.8) is 0 Å². The number of benzene rings is 2. The number of carbonyl (C=O) groups is 2. The summed E-state index contributed by atoms with van der Waals surface area (Å²) in [5.41, 5.74) is 0.686. The van der Waals surface area contributed by atoms with E-state index in [0.29, 0.717) is 5.75 Å². The Morgan fingerprint density at radius 3 is 2.46 bits per heavy atom. The van der Waals surface area contributed by atoms with Crippen LogP contribution in [0.1, 0.15) is 47.2 Å². The molecule has 0 unspecified atom stereocenters. The highest BCUT2D eigenvalue weighted by atomic mass is 16.5. The third-order valence-electron chi connectivity index (χ3n) is 4.71. The summed E-state index contributed by atoms with van der Waals surface area (Å²) in [7, 11) is 1.25. The van der Waals surface area contributed by atoms with E-state index in [9.17, 15) is 19.8 Å². The first-order chi connectivity index (χ1) is 13.5. The fraction of sp³-hybridized carbons (Fsp3) is 0.273. The number of esters is 1. The van der Waals surface area contributed by atoms with Crippen LogP contribution in [0.3, 0.4) is 0 Å². The highest BCUT2D eigenvalue weighted by Crippen LogP contribution is 2.30. The van der Waals surface area contributed by atoms with Gasteiger partial charge in [-0.3, -0.25) is 4.79 Å². The lowest BCUT2D eigenvalue weighted by Gasteiger charge is -2.14. The summed E-state index contributed by atoms with van der Waals surface area (Å²) in [6, 6.07) is 8.90. The largest absolute Gasteiger partial charge is 0.507 e. The molecule has 0 aromatic heterocycles. The number of hydrogen-bond donors (Lipinski definition) is 2. The van der Waals surface area contributed by atoms with Crippen LogP contribution in [0.2, 0.25) is 0 Å². The van der Waals surface area contributed by atoms with Crippen molar-refractivity contribution in [2.75, 3.05) is 7.11 Å². The monoisotopic (exact) mass is 382 g/mol. The van der Waals surface area contributed by atoms with Gasteiger partial charge in [0, 0.05) is 23.3 Å². The fourth-order valence-corrected chi connectivity index (χ4v) is 3.19. The molecule has 146 valence electrons. The fourth-order valence-electron chi connectivity index (χ4n) is 3.19. The molecule has 6 nitrogen and oxygen atoms in total. The van der Waals surface area contributed by atoms with Crippen molar-refractivity contribution < 1.29 is 29.3 Å². The third kappa shape index (κ3) is 4.52. The van der Waals surface area contributed by atoms with Crippen molar-refractivity contribution in [1.29, 1.82) is 0 Å². The van der Waals surface area contributed by atoms with Gasteiger partial charge >= 0.3 is 5.97 Å². The molecule has 6 heteroatoms. The number of methoxy groups -OCH3 is 1. The van der Waals surface area contributed by atoms with Crippen molar-refractivity contribution in [1.82, 2.24) is 0 Å². The maximum atomic E-state index is 12.8. The number of rotatable bonds is 6. The Hall–Kier alpha value is -3.28. The van der Waals surface area contributed by atoms with Crippen molar-refractivity contribution in [3.8, 4) is 17.2 Å². The van der Waals surface area contributed by atoms with Crippen molar-refractivity contribution in [3.05, 3.63) is 59.2 Å². The lowest BCUT2D eigenvalue weighted by Crippen LogP contribution is -2.11. The average molecular weight is 382 g/mol. The molecular weight excluding hydrogens is 360 g/mol. The van der Waals surface area contributed by atoms with Crippen LogP contribution in [-0.4, -0.2) is 35.2 Å². The predicted molar refractivity (Wildman–Crippen MR) is 104 cm³/mol. The lowest BCUT2D eigenvalue weighted by molar-refractivity contribution is -0.134. The second-order valence-corrected chi connectivity index (χ2v) is 6.66. The summed E-state index contributed by atoms with van der Waals surface area (Å²) in [5, 5.41) is 20.2. The molecule has 28 heavy (non-hydrogen) atoms. The number of ether oxygens (including phenoxy) is 2. The summed E-state index contributed by atoms with van der Waals surface area (Å²) in [6.07, 6.45) is 6.93. The van der Waals surface area contributed by atoms with Crippen molar-refractivity contribution in [2.45, 2.75) is 31.8 Å². The van der Waals surface area contributed by atoms with Gasteiger partial charge in [-0.1, -0.05) is 0 Å². The topological polar surface area (TPSA) is 93.1 Å². The van der Waals surface area contributed by atoms with E-state index in [0.717, 1.165) is 31.8 Å². The van der Waals surface area contributed by atoms with Crippen molar-refractivity contribution in [2.24, 2.45) is 0 Å². The molecule has 0 spiro atoms. The Morgan fingerprint density at radius 2 is 1.79 bits per heavy atom. The van der Waals surface area contributed by atoms with E-state index in [1.165, 1.54) is 43.5 Å². The Morgan fingerprint density at radius 1 is 1.04 bits per heavy atom. The molecule has 0 atom stereocenters. The summed E-state index contributed by atoms with van der Waals surface area (Å²) >= 11 is 0. The number of carbonyl (C=O) groups excluding carboxylic acids is 2. The maximum Gasteiger partial charge on any atom is 0.330 e. The molecule has 3 rings (SSSR count). The highest BCUT2D eigenvalue weighted by Gasteiger charge is 2.19. The van der Waals surface area contributed by atoms with Gasteiger partial charge in [0.1, 0.15) is 17.2 Å². The summed E-state index contributed by atoms with van der Waals surface area (Å²) in [4.78, 5) is 24.0. The van der Waals surface area contributed by atoms with Gasteiger partial charge in [-0.25, -0.2) is 4.79 Å². The second-order valence-electron chi connectivity index (χ2n) is 6.66. The van der Waals surface area contributed by atoms with E-state index in [4.69, 9.17) is 4.74 Å². The van der Waals surface area contributed by atoms with Crippen LogP contribution in [0, 0.1) is 0 Å². The molecular formula is C22H22O6. The van der Waals surface area contributed by atoms with Crippen LogP contribution >= 0.6 is 0 Å². The molecule has 0 saturated heterocycles.